The maximum absolute atomic E-state index is 11.1. The monoisotopic (exact) mass is 249 g/mol. The van der Waals surface area contributed by atoms with Gasteiger partial charge in [0.05, 0.1) is 5.75 Å². The summed E-state index contributed by atoms with van der Waals surface area (Å²) in [5.74, 6) is 1.24. The van der Waals surface area contributed by atoms with E-state index < -0.39 is 9.84 Å². The summed E-state index contributed by atoms with van der Waals surface area (Å²) in [7, 11) is -2.82. The van der Waals surface area contributed by atoms with E-state index in [0.29, 0.717) is 17.6 Å². The van der Waals surface area contributed by atoms with Gasteiger partial charge in [-0.25, -0.2) is 8.42 Å². The summed E-state index contributed by atoms with van der Waals surface area (Å²) < 4.78 is 22.1. The lowest BCUT2D eigenvalue weighted by molar-refractivity contribution is 0.313. The van der Waals surface area contributed by atoms with Crippen LogP contribution in [0.5, 0.6) is 0 Å². The maximum atomic E-state index is 11.1. The zero-order valence-corrected chi connectivity index (χ0v) is 12.3. The van der Waals surface area contributed by atoms with Crippen molar-refractivity contribution in [3.8, 4) is 0 Å². The van der Waals surface area contributed by atoms with Gasteiger partial charge in [0.1, 0.15) is 9.84 Å². The van der Waals surface area contributed by atoms with Crippen LogP contribution in [-0.2, 0) is 9.84 Å². The quantitative estimate of drug-likeness (QED) is 0.784. The van der Waals surface area contributed by atoms with Crippen LogP contribution in [0.4, 0.5) is 0 Å². The fourth-order valence-corrected chi connectivity index (χ4v) is 2.15. The van der Waals surface area contributed by atoms with E-state index in [9.17, 15) is 8.42 Å². The summed E-state index contributed by atoms with van der Waals surface area (Å²) in [6.07, 6.45) is 2.06. The van der Waals surface area contributed by atoms with E-state index >= 15 is 0 Å². The highest BCUT2D eigenvalue weighted by atomic mass is 32.2. The molecular formula is C12H27NO2S. The molecule has 0 radical (unpaired) electrons. The molecule has 16 heavy (non-hydrogen) atoms. The highest BCUT2D eigenvalue weighted by Crippen LogP contribution is 2.16. The minimum Gasteiger partial charge on any atom is -0.312 e. The van der Waals surface area contributed by atoms with Gasteiger partial charge >= 0.3 is 0 Å². The van der Waals surface area contributed by atoms with Crippen LogP contribution < -0.4 is 5.32 Å². The van der Waals surface area contributed by atoms with E-state index in [0.717, 1.165) is 13.0 Å². The van der Waals surface area contributed by atoms with Crippen molar-refractivity contribution in [1.29, 1.82) is 0 Å². The Morgan fingerprint density at radius 3 is 2.00 bits per heavy atom. The van der Waals surface area contributed by atoms with Crippen LogP contribution in [-0.4, -0.2) is 32.5 Å². The molecule has 4 heteroatoms. The predicted molar refractivity (Wildman–Crippen MR) is 70.4 cm³/mol. The molecule has 0 bridgehead atoms. The molecule has 2 atom stereocenters. The van der Waals surface area contributed by atoms with Crippen LogP contribution in [0, 0.1) is 11.8 Å². The number of hydrogen-bond donors (Lipinski definition) is 1. The van der Waals surface area contributed by atoms with E-state index in [4.69, 9.17) is 0 Å². The number of sulfone groups is 1. The largest absolute Gasteiger partial charge is 0.312 e. The van der Waals surface area contributed by atoms with E-state index in [1.54, 1.807) is 0 Å². The fraction of sp³-hybridized carbons (Fsp3) is 1.00. The summed E-state index contributed by atoms with van der Waals surface area (Å²) in [6, 6.07) is 0. The van der Waals surface area contributed by atoms with Crippen LogP contribution in [0.3, 0.4) is 0 Å². The number of nitrogens with one attached hydrogen (secondary N) is 1. The van der Waals surface area contributed by atoms with E-state index in [1.807, 2.05) is 0 Å². The molecule has 0 fully saturated rings. The SMILES string of the molecule is CC(CCS(C)(=O)=O)C(C)CNC(C)(C)C. The lowest BCUT2D eigenvalue weighted by Crippen LogP contribution is -2.39. The zero-order valence-electron chi connectivity index (χ0n) is 11.5. The summed E-state index contributed by atoms with van der Waals surface area (Å²) >= 11 is 0. The normalized spacial score (nSPS) is 17.1. The highest BCUT2D eigenvalue weighted by Gasteiger charge is 2.17. The Bertz CT molecular complexity index is 291. The van der Waals surface area contributed by atoms with Crippen molar-refractivity contribution in [3.05, 3.63) is 0 Å². The standard InChI is InChI=1S/C12H27NO2S/c1-10(7-8-16(6,14)15)11(2)9-13-12(3,4)5/h10-11,13H,7-9H2,1-6H3. The molecular weight excluding hydrogens is 222 g/mol. The molecule has 1 N–H and O–H groups in total. The lowest BCUT2D eigenvalue weighted by atomic mass is 9.92. The van der Waals surface area contributed by atoms with Gasteiger partial charge in [0.2, 0.25) is 0 Å². The second-order valence-electron chi connectivity index (χ2n) is 6.00. The summed E-state index contributed by atoms with van der Waals surface area (Å²) in [5, 5.41) is 3.45. The Kier molecular flexibility index (Phi) is 5.98. The lowest BCUT2D eigenvalue weighted by Gasteiger charge is -2.26. The third-order valence-corrected chi connectivity index (χ3v) is 3.85. The third-order valence-electron chi connectivity index (χ3n) is 2.87. The Labute approximate surface area is 101 Å². The molecule has 0 aliphatic rings. The second kappa shape index (κ2) is 6.01. The van der Waals surface area contributed by atoms with Crippen LogP contribution in [0.2, 0.25) is 0 Å². The maximum Gasteiger partial charge on any atom is 0.147 e. The molecule has 0 aromatic heterocycles. The van der Waals surface area contributed by atoms with Crippen molar-refractivity contribution in [1.82, 2.24) is 5.32 Å². The first-order valence-corrected chi connectivity index (χ1v) is 8.00. The number of hydrogen-bond acceptors (Lipinski definition) is 3. The molecule has 0 heterocycles. The molecule has 0 aromatic carbocycles. The molecule has 0 saturated heterocycles. The summed E-state index contributed by atoms with van der Waals surface area (Å²) in [5.41, 5.74) is 0.130. The molecule has 0 aliphatic carbocycles. The van der Waals surface area contributed by atoms with Gasteiger partial charge in [-0.1, -0.05) is 13.8 Å². The van der Waals surface area contributed by atoms with Crippen molar-refractivity contribution in [3.63, 3.8) is 0 Å². The molecule has 0 spiro atoms. The third kappa shape index (κ3) is 9.16. The van der Waals surface area contributed by atoms with Crippen molar-refractivity contribution >= 4 is 9.84 Å². The number of rotatable bonds is 6. The first kappa shape index (κ1) is 15.9. The van der Waals surface area contributed by atoms with E-state index in [-0.39, 0.29) is 5.54 Å². The average Bonchev–Trinajstić information content (AvgIpc) is 2.07. The fourth-order valence-electron chi connectivity index (χ4n) is 1.35. The molecule has 0 amide bonds. The van der Waals surface area contributed by atoms with E-state index in [2.05, 4.69) is 39.9 Å². The molecule has 3 nitrogen and oxygen atoms in total. The van der Waals surface area contributed by atoms with Crippen LogP contribution in [0.25, 0.3) is 0 Å². The minimum atomic E-state index is -2.82. The van der Waals surface area contributed by atoms with E-state index in [1.165, 1.54) is 6.26 Å². The van der Waals surface area contributed by atoms with Gasteiger partial charge in [0.25, 0.3) is 0 Å². The highest BCUT2D eigenvalue weighted by molar-refractivity contribution is 7.90. The average molecular weight is 249 g/mol. The Hall–Kier alpha value is -0.0900. The molecule has 98 valence electrons. The summed E-state index contributed by atoms with van der Waals surface area (Å²) in [4.78, 5) is 0. The first-order valence-electron chi connectivity index (χ1n) is 5.94. The van der Waals surface area contributed by atoms with Gasteiger partial charge in [-0.2, -0.15) is 0 Å². The van der Waals surface area contributed by atoms with Gasteiger partial charge < -0.3 is 5.32 Å². The molecule has 0 rings (SSSR count). The molecule has 0 aromatic rings. The topological polar surface area (TPSA) is 46.2 Å². The van der Waals surface area contributed by atoms with Crippen molar-refractivity contribution in [2.24, 2.45) is 11.8 Å². The minimum absolute atomic E-state index is 0.130. The van der Waals surface area contributed by atoms with Gasteiger partial charge in [-0.05, 0) is 45.6 Å². The smallest absolute Gasteiger partial charge is 0.147 e. The molecule has 0 saturated carbocycles. The van der Waals surface area contributed by atoms with Crippen LogP contribution in [0.15, 0.2) is 0 Å². The predicted octanol–water partition coefficient (Wildman–Crippen LogP) is 2.08. The molecule has 2 unspecified atom stereocenters. The zero-order chi connectivity index (χ0) is 13.0. The summed E-state index contributed by atoms with van der Waals surface area (Å²) in [6.45, 7) is 11.7. The van der Waals surface area contributed by atoms with Crippen molar-refractivity contribution in [2.45, 2.75) is 46.6 Å². The first-order chi connectivity index (χ1) is 7.01. The van der Waals surface area contributed by atoms with Gasteiger partial charge in [-0.3, -0.25) is 0 Å². The molecule has 0 aliphatic heterocycles. The van der Waals surface area contributed by atoms with Crippen molar-refractivity contribution in [2.75, 3.05) is 18.6 Å². The van der Waals surface area contributed by atoms with Gasteiger partial charge in [0, 0.05) is 11.8 Å². The van der Waals surface area contributed by atoms with Gasteiger partial charge in [0.15, 0.2) is 0 Å². The second-order valence-corrected chi connectivity index (χ2v) is 8.26. The van der Waals surface area contributed by atoms with Crippen LogP contribution in [0.1, 0.15) is 41.0 Å². The Balaban J connectivity index is 3.96. The van der Waals surface area contributed by atoms with Crippen molar-refractivity contribution < 1.29 is 8.42 Å². The Morgan fingerprint density at radius 1 is 1.12 bits per heavy atom. The van der Waals surface area contributed by atoms with Gasteiger partial charge in [-0.15, -0.1) is 0 Å². The Morgan fingerprint density at radius 2 is 1.62 bits per heavy atom. The van der Waals surface area contributed by atoms with Crippen LogP contribution >= 0.6 is 0 Å².